The predicted molar refractivity (Wildman–Crippen MR) is 131 cm³/mol. The monoisotopic (exact) mass is 502 g/mol. The number of methoxy groups -OCH3 is 1. The molecular weight excluding hydrogens is 456 g/mol. The SMILES string of the molecule is CCCCCCCCCCCCCC(=O)OC(COC(C)=O)COC(=O)CCC(=O)OCCOC. The Bertz CT molecular complexity index is 577. The fraction of sp³-hybridized carbons (Fsp3) is 0.846. The van der Waals surface area contributed by atoms with Crippen molar-refractivity contribution in [1.29, 1.82) is 0 Å². The molecule has 0 spiro atoms. The van der Waals surface area contributed by atoms with E-state index in [1.54, 1.807) is 0 Å². The lowest BCUT2D eigenvalue weighted by Crippen LogP contribution is -2.30. The van der Waals surface area contributed by atoms with Crippen LogP contribution in [-0.4, -0.2) is 63.5 Å². The Balaban J connectivity index is 4.06. The molecular formula is C26H46O9. The van der Waals surface area contributed by atoms with Crippen molar-refractivity contribution in [2.75, 3.05) is 33.5 Å². The number of carbonyl (C=O) groups is 4. The largest absolute Gasteiger partial charge is 0.463 e. The van der Waals surface area contributed by atoms with Crippen LogP contribution in [0.1, 0.15) is 104 Å². The van der Waals surface area contributed by atoms with Crippen LogP contribution in [0, 0.1) is 0 Å². The van der Waals surface area contributed by atoms with Gasteiger partial charge in [-0.25, -0.2) is 0 Å². The third-order valence-corrected chi connectivity index (χ3v) is 5.27. The Morgan fingerprint density at radius 1 is 0.600 bits per heavy atom. The maximum absolute atomic E-state index is 12.2. The summed E-state index contributed by atoms with van der Waals surface area (Å²) in [5.74, 6) is -2.12. The molecule has 35 heavy (non-hydrogen) atoms. The molecule has 0 N–H and O–H groups in total. The lowest BCUT2D eigenvalue weighted by molar-refractivity contribution is -0.166. The smallest absolute Gasteiger partial charge is 0.306 e. The second-order valence-electron chi connectivity index (χ2n) is 8.60. The molecule has 0 saturated carbocycles. The van der Waals surface area contributed by atoms with Crippen molar-refractivity contribution in [1.82, 2.24) is 0 Å². The molecule has 0 aliphatic carbocycles. The number of unbranched alkanes of at least 4 members (excludes halogenated alkanes) is 10. The third-order valence-electron chi connectivity index (χ3n) is 5.27. The van der Waals surface area contributed by atoms with E-state index in [2.05, 4.69) is 6.92 Å². The van der Waals surface area contributed by atoms with Gasteiger partial charge < -0.3 is 23.7 Å². The predicted octanol–water partition coefficient (Wildman–Crippen LogP) is 4.68. The fourth-order valence-electron chi connectivity index (χ4n) is 3.28. The minimum absolute atomic E-state index is 0.115. The van der Waals surface area contributed by atoms with Gasteiger partial charge in [0, 0.05) is 20.5 Å². The number of rotatable bonds is 23. The highest BCUT2D eigenvalue weighted by molar-refractivity contribution is 5.77. The Kier molecular flexibility index (Phi) is 22.1. The van der Waals surface area contributed by atoms with E-state index in [4.69, 9.17) is 23.7 Å². The quantitative estimate of drug-likeness (QED) is 0.112. The molecule has 0 aliphatic rings. The van der Waals surface area contributed by atoms with E-state index in [0.717, 1.165) is 19.3 Å². The summed E-state index contributed by atoms with van der Waals surface area (Å²) in [6.45, 7) is 3.40. The first-order chi connectivity index (χ1) is 16.9. The highest BCUT2D eigenvalue weighted by atomic mass is 16.6. The average Bonchev–Trinajstić information content (AvgIpc) is 2.83. The maximum Gasteiger partial charge on any atom is 0.306 e. The van der Waals surface area contributed by atoms with Crippen molar-refractivity contribution in [2.45, 2.75) is 110 Å². The standard InChI is InChI=1S/C26H46O9/c1-4-5-6-7-8-9-10-11-12-13-14-15-26(30)35-23(20-33-22(2)27)21-34-25(29)17-16-24(28)32-19-18-31-3/h23H,4-21H2,1-3H3. The summed E-state index contributed by atoms with van der Waals surface area (Å²) < 4.78 is 25.0. The van der Waals surface area contributed by atoms with Gasteiger partial charge in [0.1, 0.15) is 19.8 Å². The number of carbonyl (C=O) groups excluding carboxylic acids is 4. The molecule has 0 aromatic rings. The zero-order chi connectivity index (χ0) is 26.2. The second-order valence-corrected chi connectivity index (χ2v) is 8.60. The Hall–Kier alpha value is -2.16. The number of hydrogen-bond acceptors (Lipinski definition) is 9. The van der Waals surface area contributed by atoms with Crippen molar-refractivity contribution >= 4 is 23.9 Å². The first kappa shape index (κ1) is 32.8. The van der Waals surface area contributed by atoms with E-state index in [9.17, 15) is 19.2 Å². The minimum atomic E-state index is -0.892. The number of esters is 4. The van der Waals surface area contributed by atoms with Crippen molar-refractivity contribution in [2.24, 2.45) is 0 Å². The number of hydrogen-bond donors (Lipinski definition) is 0. The molecule has 0 aromatic carbocycles. The van der Waals surface area contributed by atoms with E-state index in [-0.39, 0.29) is 45.7 Å². The molecule has 0 heterocycles. The van der Waals surface area contributed by atoms with Gasteiger partial charge in [0.15, 0.2) is 6.10 Å². The van der Waals surface area contributed by atoms with Crippen LogP contribution in [0.2, 0.25) is 0 Å². The third kappa shape index (κ3) is 23.4. The average molecular weight is 503 g/mol. The van der Waals surface area contributed by atoms with Crippen LogP contribution >= 0.6 is 0 Å². The van der Waals surface area contributed by atoms with Gasteiger partial charge in [0.25, 0.3) is 0 Å². The lowest BCUT2D eigenvalue weighted by Gasteiger charge is -2.17. The summed E-state index contributed by atoms with van der Waals surface area (Å²) in [4.78, 5) is 46.7. The summed E-state index contributed by atoms with van der Waals surface area (Å²) in [6.07, 6.45) is 12.1. The Morgan fingerprint density at radius 2 is 1.11 bits per heavy atom. The number of ether oxygens (including phenoxy) is 5. The van der Waals surface area contributed by atoms with Gasteiger partial charge in [0.05, 0.1) is 19.4 Å². The Morgan fingerprint density at radius 3 is 1.66 bits per heavy atom. The van der Waals surface area contributed by atoms with E-state index in [0.29, 0.717) is 0 Å². The van der Waals surface area contributed by atoms with E-state index in [1.165, 1.54) is 65.4 Å². The van der Waals surface area contributed by atoms with Gasteiger partial charge in [0.2, 0.25) is 0 Å². The molecule has 0 bridgehead atoms. The van der Waals surface area contributed by atoms with Crippen LogP contribution in [0.15, 0.2) is 0 Å². The lowest BCUT2D eigenvalue weighted by atomic mass is 10.1. The highest BCUT2D eigenvalue weighted by Crippen LogP contribution is 2.12. The van der Waals surface area contributed by atoms with Gasteiger partial charge in [-0.1, -0.05) is 71.1 Å². The van der Waals surface area contributed by atoms with Gasteiger partial charge in [-0.3, -0.25) is 19.2 Å². The molecule has 0 aliphatic heterocycles. The van der Waals surface area contributed by atoms with Crippen molar-refractivity contribution < 1.29 is 42.9 Å². The summed E-state index contributed by atoms with van der Waals surface area (Å²) in [5, 5.41) is 0. The van der Waals surface area contributed by atoms with Crippen LogP contribution < -0.4 is 0 Å². The molecule has 9 heteroatoms. The molecule has 0 saturated heterocycles. The zero-order valence-electron chi connectivity index (χ0n) is 22.0. The van der Waals surface area contributed by atoms with Gasteiger partial charge in [-0.2, -0.15) is 0 Å². The molecule has 1 unspecified atom stereocenters. The van der Waals surface area contributed by atoms with Gasteiger partial charge >= 0.3 is 23.9 Å². The minimum Gasteiger partial charge on any atom is -0.463 e. The molecule has 0 radical (unpaired) electrons. The molecule has 1 atom stereocenters. The molecule has 0 aromatic heterocycles. The van der Waals surface area contributed by atoms with Crippen molar-refractivity contribution in [3.8, 4) is 0 Å². The van der Waals surface area contributed by atoms with Gasteiger partial charge in [-0.15, -0.1) is 0 Å². The van der Waals surface area contributed by atoms with Crippen LogP contribution in [0.3, 0.4) is 0 Å². The molecule has 204 valence electrons. The van der Waals surface area contributed by atoms with Crippen LogP contribution in [-0.2, 0) is 42.9 Å². The maximum atomic E-state index is 12.2. The normalized spacial score (nSPS) is 11.5. The topological polar surface area (TPSA) is 114 Å². The summed E-state index contributed by atoms with van der Waals surface area (Å²) in [5.41, 5.74) is 0. The Labute approximate surface area is 210 Å². The summed E-state index contributed by atoms with van der Waals surface area (Å²) in [7, 11) is 1.49. The summed E-state index contributed by atoms with van der Waals surface area (Å²) >= 11 is 0. The molecule has 0 fully saturated rings. The molecule has 9 nitrogen and oxygen atoms in total. The highest BCUT2D eigenvalue weighted by Gasteiger charge is 2.19. The van der Waals surface area contributed by atoms with Crippen molar-refractivity contribution in [3.05, 3.63) is 0 Å². The first-order valence-electron chi connectivity index (χ1n) is 13.0. The van der Waals surface area contributed by atoms with E-state index in [1.807, 2.05) is 0 Å². The van der Waals surface area contributed by atoms with Crippen molar-refractivity contribution in [3.63, 3.8) is 0 Å². The summed E-state index contributed by atoms with van der Waals surface area (Å²) in [6, 6.07) is 0. The van der Waals surface area contributed by atoms with Crippen LogP contribution in [0.4, 0.5) is 0 Å². The first-order valence-corrected chi connectivity index (χ1v) is 13.0. The van der Waals surface area contributed by atoms with E-state index >= 15 is 0 Å². The van der Waals surface area contributed by atoms with Gasteiger partial charge in [-0.05, 0) is 6.42 Å². The molecule has 0 amide bonds. The van der Waals surface area contributed by atoms with E-state index < -0.39 is 30.0 Å². The van der Waals surface area contributed by atoms with Crippen LogP contribution in [0.25, 0.3) is 0 Å². The fourth-order valence-corrected chi connectivity index (χ4v) is 3.28. The zero-order valence-corrected chi connectivity index (χ0v) is 22.0. The molecule has 0 rings (SSSR count). The second kappa shape index (κ2) is 23.6. The van der Waals surface area contributed by atoms with Crippen LogP contribution in [0.5, 0.6) is 0 Å².